The number of Topliss-reactive ketones (excluding diaryl/α,β-unsaturated/α-hetero) is 1. The molecular weight excluding hydrogens is 416 g/mol. The molecule has 0 bridgehead atoms. The maximum Gasteiger partial charge on any atom is 0.272 e. The van der Waals surface area contributed by atoms with E-state index in [9.17, 15) is 19.6 Å². The zero-order chi connectivity index (χ0) is 23.7. The molecule has 5 atom stereocenters. The number of hydroxylamine groups is 1. The molecule has 178 valence electrons. The fraction of sp³-hybridized carbons (Fsp3) is 0.609. The number of methoxy groups -OCH3 is 1. The topological polar surface area (TPSA) is 123 Å². The molecule has 2 amide bonds. The fourth-order valence-corrected chi connectivity index (χ4v) is 4.14. The Bertz CT molecular complexity index is 756. The van der Waals surface area contributed by atoms with Crippen LogP contribution >= 0.6 is 0 Å². The number of carbonyl (C=O) groups is 3. The molecule has 1 aromatic rings. The third kappa shape index (κ3) is 7.09. The van der Waals surface area contributed by atoms with Crippen LogP contribution in [0.4, 0.5) is 0 Å². The van der Waals surface area contributed by atoms with Crippen molar-refractivity contribution in [3.05, 3.63) is 35.9 Å². The Balaban J connectivity index is 2.38. The maximum atomic E-state index is 13.8. The predicted octanol–water partition coefficient (Wildman–Crippen LogP) is 1.47. The van der Waals surface area contributed by atoms with Crippen LogP contribution in [0.15, 0.2) is 30.3 Å². The molecule has 1 aliphatic rings. The van der Waals surface area contributed by atoms with Gasteiger partial charge in [0, 0.05) is 20.0 Å². The van der Waals surface area contributed by atoms with Gasteiger partial charge in [0.25, 0.3) is 5.91 Å². The van der Waals surface area contributed by atoms with Crippen molar-refractivity contribution in [3.63, 3.8) is 0 Å². The van der Waals surface area contributed by atoms with Gasteiger partial charge in [-0.2, -0.15) is 0 Å². The summed E-state index contributed by atoms with van der Waals surface area (Å²) >= 11 is 0. The lowest BCUT2D eigenvalue weighted by atomic mass is 9.78. The zero-order valence-corrected chi connectivity index (χ0v) is 19.1. The van der Waals surface area contributed by atoms with Gasteiger partial charge in [-0.15, -0.1) is 0 Å². The number of ether oxygens (including phenoxy) is 3. The third-order valence-electron chi connectivity index (χ3n) is 5.44. The fourth-order valence-electron chi connectivity index (χ4n) is 4.14. The van der Waals surface area contributed by atoms with Gasteiger partial charge in [-0.25, -0.2) is 5.48 Å². The quantitative estimate of drug-likeness (QED) is 0.250. The summed E-state index contributed by atoms with van der Waals surface area (Å²) in [4.78, 5) is 38.0. The lowest BCUT2D eigenvalue weighted by Crippen LogP contribution is -2.48. The molecule has 32 heavy (non-hydrogen) atoms. The van der Waals surface area contributed by atoms with Crippen LogP contribution in [0, 0.1) is 17.8 Å². The largest absolute Gasteiger partial charge is 0.382 e. The number of rotatable bonds is 12. The number of benzene rings is 1. The second-order valence-corrected chi connectivity index (χ2v) is 8.43. The highest BCUT2D eigenvalue weighted by molar-refractivity contribution is 5.92. The summed E-state index contributed by atoms with van der Waals surface area (Å²) in [5.41, 5.74) is 2.52. The summed E-state index contributed by atoms with van der Waals surface area (Å²) in [5.74, 6) is -2.53. The van der Waals surface area contributed by atoms with Gasteiger partial charge in [0.2, 0.25) is 5.91 Å². The molecule has 0 aromatic heterocycles. The lowest BCUT2D eigenvalue weighted by Gasteiger charge is -2.28. The van der Waals surface area contributed by atoms with Crippen LogP contribution in [0.25, 0.3) is 0 Å². The number of nitrogens with one attached hydrogen (secondary N) is 2. The van der Waals surface area contributed by atoms with Crippen molar-refractivity contribution >= 4 is 17.6 Å². The molecule has 3 N–H and O–H groups in total. The van der Waals surface area contributed by atoms with Crippen LogP contribution in [0.3, 0.4) is 0 Å². The van der Waals surface area contributed by atoms with Crippen molar-refractivity contribution in [2.75, 3.05) is 20.3 Å². The Labute approximate surface area is 188 Å². The standard InChI is InChI=1S/C23H34N2O7/c1-14(2)12-17-19(23(31-11-10-30-4)32-21(17)22(28)25-29)20(27)18(24-15(3)26)13-16-8-6-5-7-9-16/h5-9,14,17-19,21,23,29H,10-13H2,1-4H3,(H,24,26)(H,25,28)/t17-,18-,19+,21-,23-/m0/s1. The van der Waals surface area contributed by atoms with Gasteiger partial charge in [-0.3, -0.25) is 19.6 Å². The van der Waals surface area contributed by atoms with E-state index >= 15 is 0 Å². The van der Waals surface area contributed by atoms with Gasteiger partial charge >= 0.3 is 0 Å². The summed E-state index contributed by atoms with van der Waals surface area (Å²) < 4.78 is 16.6. The predicted molar refractivity (Wildman–Crippen MR) is 116 cm³/mol. The van der Waals surface area contributed by atoms with E-state index in [0.29, 0.717) is 12.8 Å². The first-order valence-electron chi connectivity index (χ1n) is 10.8. The van der Waals surface area contributed by atoms with Crippen molar-refractivity contribution in [2.24, 2.45) is 17.8 Å². The summed E-state index contributed by atoms with van der Waals surface area (Å²) in [6.07, 6.45) is -1.27. The van der Waals surface area contributed by atoms with Gasteiger partial charge in [0.1, 0.15) is 6.10 Å². The molecule has 0 spiro atoms. The second-order valence-electron chi connectivity index (χ2n) is 8.43. The van der Waals surface area contributed by atoms with Crippen molar-refractivity contribution in [1.82, 2.24) is 10.8 Å². The normalized spacial score (nSPS) is 23.7. The molecule has 0 saturated carbocycles. The second kappa shape index (κ2) is 12.6. The van der Waals surface area contributed by atoms with Gasteiger partial charge in [-0.1, -0.05) is 44.2 Å². The number of amides is 2. The Morgan fingerprint density at radius 3 is 2.41 bits per heavy atom. The molecule has 1 saturated heterocycles. The first-order valence-corrected chi connectivity index (χ1v) is 10.8. The van der Waals surface area contributed by atoms with E-state index in [1.807, 2.05) is 44.2 Å². The monoisotopic (exact) mass is 450 g/mol. The third-order valence-corrected chi connectivity index (χ3v) is 5.44. The Kier molecular flexibility index (Phi) is 10.2. The first kappa shape index (κ1) is 25.9. The highest BCUT2D eigenvalue weighted by atomic mass is 16.7. The SMILES string of the molecule is COCCO[C@H]1O[C@H](C(=O)NO)[C@@H](CC(C)C)[C@@H]1C(=O)[C@H](Cc1ccccc1)NC(C)=O. The molecule has 2 rings (SSSR count). The molecule has 0 aliphatic carbocycles. The van der Waals surface area contributed by atoms with Crippen LogP contribution in [0.1, 0.15) is 32.8 Å². The van der Waals surface area contributed by atoms with Gasteiger partial charge in [0.15, 0.2) is 12.1 Å². The summed E-state index contributed by atoms with van der Waals surface area (Å²) in [6, 6.07) is 8.55. The van der Waals surface area contributed by atoms with Gasteiger partial charge in [0.05, 0.1) is 25.2 Å². The zero-order valence-electron chi connectivity index (χ0n) is 19.1. The van der Waals surface area contributed by atoms with E-state index in [1.54, 1.807) is 5.48 Å². The summed E-state index contributed by atoms with van der Waals surface area (Å²) in [7, 11) is 1.53. The van der Waals surface area contributed by atoms with Crippen LogP contribution in [-0.4, -0.2) is 61.6 Å². The maximum absolute atomic E-state index is 13.8. The molecule has 1 aromatic carbocycles. The average molecular weight is 451 g/mol. The number of hydrogen-bond donors (Lipinski definition) is 3. The summed E-state index contributed by atoms with van der Waals surface area (Å²) in [6.45, 7) is 5.76. The molecule has 0 radical (unpaired) electrons. The highest BCUT2D eigenvalue weighted by Crippen LogP contribution is 2.39. The van der Waals surface area contributed by atoms with Gasteiger partial charge < -0.3 is 19.5 Å². The highest BCUT2D eigenvalue weighted by Gasteiger charge is 2.52. The minimum atomic E-state index is -1.06. The molecule has 9 heteroatoms. The van der Waals surface area contributed by atoms with E-state index in [0.717, 1.165) is 5.56 Å². The van der Waals surface area contributed by atoms with E-state index in [2.05, 4.69) is 5.32 Å². The lowest BCUT2D eigenvalue weighted by molar-refractivity contribution is -0.174. The minimum absolute atomic E-state index is 0.152. The van der Waals surface area contributed by atoms with Crippen molar-refractivity contribution in [1.29, 1.82) is 0 Å². The molecule has 9 nitrogen and oxygen atoms in total. The minimum Gasteiger partial charge on any atom is -0.382 e. The molecule has 1 heterocycles. The van der Waals surface area contributed by atoms with Crippen LogP contribution < -0.4 is 10.8 Å². The van der Waals surface area contributed by atoms with Crippen LogP contribution in [-0.2, 0) is 35.0 Å². The molecule has 1 fully saturated rings. The molecule has 1 aliphatic heterocycles. The Hall–Kier alpha value is -2.33. The van der Waals surface area contributed by atoms with Crippen molar-refractivity contribution < 1.29 is 33.8 Å². The smallest absolute Gasteiger partial charge is 0.272 e. The number of hydrogen-bond acceptors (Lipinski definition) is 7. The number of carbonyl (C=O) groups excluding carboxylic acids is 3. The van der Waals surface area contributed by atoms with E-state index in [4.69, 9.17) is 14.2 Å². The van der Waals surface area contributed by atoms with Crippen molar-refractivity contribution in [2.45, 2.75) is 52.0 Å². The molecular formula is C23H34N2O7. The Morgan fingerprint density at radius 2 is 1.84 bits per heavy atom. The first-order chi connectivity index (χ1) is 15.3. The average Bonchev–Trinajstić information content (AvgIpc) is 3.10. The van der Waals surface area contributed by atoms with Gasteiger partial charge in [-0.05, 0) is 24.3 Å². The van der Waals surface area contributed by atoms with E-state index in [-0.39, 0.29) is 30.8 Å². The van der Waals surface area contributed by atoms with Crippen molar-refractivity contribution in [3.8, 4) is 0 Å². The van der Waals surface area contributed by atoms with E-state index < -0.39 is 36.2 Å². The Morgan fingerprint density at radius 1 is 1.16 bits per heavy atom. The van der Waals surface area contributed by atoms with Crippen LogP contribution in [0.2, 0.25) is 0 Å². The number of ketones is 1. The van der Waals surface area contributed by atoms with Crippen LogP contribution in [0.5, 0.6) is 0 Å². The van der Waals surface area contributed by atoms with E-state index in [1.165, 1.54) is 14.0 Å². The summed E-state index contributed by atoms with van der Waals surface area (Å²) in [5, 5.41) is 12.0. The molecule has 0 unspecified atom stereocenters.